The minimum absolute atomic E-state index is 0.0424. The van der Waals surface area contributed by atoms with Gasteiger partial charge in [-0.3, -0.25) is 0 Å². The number of sulfone groups is 1. The summed E-state index contributed by atoms with van der Waals surface area (Å²) in [6, 6.07) is 10.6. The molecule has 2 N–H and O–H groups in total. The molecular weight excluding hydrogens is 404 g/mol. The average molecular weight is 419 g/mol. The lowest BCUT2D eigenvalue weighted by Crippen LogP contribution is -2.36. The van der Waals surface area contributed by atoms with Gasteiger partial charge in [-0.15, -0.1) is 10.2 Å². The topological polar surface area (TPSA) is 114 Å². The molecule has 28 heavy (non-hydrogen) atoms. The third-order valence-electron chi connectivity index (χ3n) is 4.39. The molecule has 0 fully saturated rings. The third kappa shape index (κ3) is 3.71. The van der Waals surface area contributed by atoms with Crippen LogP contribution in [0.2, 0.25) is 5.02 Å². The van der Waals surface area contributed by atoms with Crippen LogP contribution >= 0.6 is 11.6 Å². The van der Waals surface area contributed by atoms with Crippen LogP contribution in [-0.4, -0.2) is 30.4 Å². The number of carbonyl (C=O) groups excluding carboxylic acids is 1. The Morgan fingerprint density at radius 2 is 2.07 bits per heavy atom. The molecule has 2 aromatic carbocycles. The molecule has 2 amide bonds. The van der Waals surface area contributed by atoms with Crippen LogP contribution in [-0.2, 0) is 9.84 Å². The average Bonchev–Trinajstić information content (AvgIpc) is 3.19. The molecule has 0 bridgehead atoms. The van der Waals surface area contributed by atoms with Crippen LogP contribution in [0.25, 0.3) is 11.5 Å². The number of halogens is 1. The fraction of sp³-hybridized carbons (Fsp3) is 0.167. The van der Waals surface area contributed by atoms with E-state index in [1.165, 1.54) is 18.5 Å². The summed E-state index contributed by atoms with van der Waals surface area (Å²) in [6.07, 6.45) is 1.49. The van der Waals surface area contributed by atoms with E-state index < -0.39 is 21.9 Å². The molecule has 0 saturated carbocycles. The number of hydrogen-bond donors (Lipinski definition) is 2. The number of rotatable bonds is 3. The molecule has 1 aliphatic rings. The largest absolute Gasteiger partial charge is 0.423 e. The van der Waals surface area contributed by atoms with Crippen LogP contribution in [0.15, 0.2) is 58.2 Å². The molecule has 4 rings (SSSR count). The van der Waals surface area contributed by atoms with E-state index in [1.54, 1.807) is 30.3 Å². The molecule has 1 aliphatic heterocycles. The number of nitrogens with one attached hydrogen (secondary N) is 2. The summed E-state index contributed by atoms with van der Waals surface area (Å²) in [5.74, 6) is 0.296. The van der Waals surface area contributed by atoms with Crippen molar-refractivity contribution in [3.8, 4) is 11.5 Å². The van der Waals surface area contributed by atoms with E-state index >= 15 is 0 Å². The van der Waals surface area contributed by atoms with Crippen molar-refractivity contribution in [1.29, 1.82) is 0 Å². The Morgan fingerprint density at radius 3 is 2.86 bits per heavy atom. The van der Waals surface area contributed by atoms with E-state index in [2.05, 4.69) is 20.8 Å². The van der Waals surface area contributed by atoms with Crippen LogP contribution in [0.4, 0.5) is 10.5 Å². The van der Waals surface area contributed by atoms with Crippen molar-refractivity contribution in [2.24, 2.45) is 0 Å². The first-order valence-corrected chi connectivity index (χ1v) is 10.4. The lowest BCUT2D eigenvalue weighted by Gasteiger charge is -2.26. The molecule has 0 saturated heterocycles. The van der Waals surface area contributed by atoms with Crippen molar-refractivity contribution in [3.05, 3.63) is 59.4 Å². The van der Waals surface area contributed by atoms with Crippen LogP contribution < -0.4 is 10.6 Å². The summed E-state index contributed by atoms with van der Waals surface area (Å²) >= 11 is 6.02. The van der Waals surface area contributed by atoms with E-state index in [9.17, 15) is 13.2 Å². The standard InChI is InChI=1S/C18H15ClN4O4S/c19-12-4-5-16-14(9-12)15(6-7-28(16,25)26)22-18(24)21-13-3-1-2-11(8-13)17-23-20-10-27-17/h1-5,8-10,15H,6-7H2,(H2,21,22,24)/t15-/m1/s1. The van der Waals surface area contributed by atoms with E-state index in [-0.39, 0.29) is 17.1 Å². The normalized spacial score (nSPS) is 17.5. The number of benzene rings is 2. The van der Waals surface area contributed by atoms with Crippen LogP contribution in [0.5, 0.6) is 0 Å². The maximum Gasteiger partial charge on any atom is 0.319 e. The first-order valence-electron chi connectivity index (χ1n) is 8.39. The highest BCUT2D eigenvalue weighted by Gasteiger charge is 2.31. The first-order chi connectivity index (χ1) is 13.4. The van der Waals surface area contributed by atoms with Crippen molar-refractivity contribution in [3.63, 3.8) is 0 Å². The summed E-state index contributed by atoms with van der Waals surface area (Å²) < 4.78 is 29.7. The summed E-state index contributed by atoms with van der Waals surface area (Å²) in [5, 5.41) is 13.4. The molecule has 1 atom stereocenters. The Kier molecular flexibility index (Phi) is 4.78. The maximum atomic E-state index is 12.5. The molecule has 144 valence electrons. The lowest BCUT2D eigenvalue weighted by molar-refractivity contribution is 0.248. The Hall–Kier alpha value is -2.91. The number of aromatic nitrogens is 2. The molecule has 0 spiro atoms. The van der Waals surface area contributed by atoms with E-state index in [0.29, 0.717) is 27.7 Å². The second-order valence-corrected chi connectivity index (χ2v) is 8.78. The summed E-state index contributed by atoms with van der Waals surface area (Å²) in [6.45, 7) is 0. The lowest BCUT2D eigenvalue weighted by atomic mass is 10.0. The van der Waals surface area contributed by atoms with Gasteiger partial charge in [0.1, 0.15) is 0 Å². The summed E-state index contributed by atoms with van der Waals surface area (Å²) in [4.78, 5) is 12.7. The van der Waals surface area contributed by atoms with Crippen molar-refractivity contribution in [2.45, 2.75) is 17.4 Å². The molecule has 1 aromatic heterocycles. The van der Waals surface area contributed by atoms with E-state index in [0.717, 1.165) is 0 Å². The van der Waals surface area contributed by atoms with Gasteiger partial charge >= 0.3 is 6.03 Å². The predicted molar refractivity (Wildman–Crippen MR) is 103 cm³/mol. The highest BCUT2D eigenvalue weighted by Crippen LogP contribution is 2.34. The number of carbonyl (C=O) groups is 1. The number of anilines is 1. The Bertz CT molecular complexity index is 1130. The van der Waals surface area contributed by atoms with Gasteiger partial charge in [-0.1, -0.05) is 17.7 Å². The van der Waals surface area contributed by atoms with Crippen LogP contribution in [0.1, 0.15) is 18.0 Å². The second-order valence-electron chi connectivity index (χ2n) is 6.27. The monoisotopic (exact) mass is 418 g/mol. The quantitative estimate of drug-likeness (QED) is 0.673. The van der Waals surface area contributed by atoms with Gasteiger partial charge in [0.25, 0.3) is 0 Å². The maximum absolute atomic E-state index is 12.5. The molecule has 0 radical (unpaired) electrons. The zero-order valence-electron chi connectivity index (χ0n) is 14.4. The predicted octanol–water partition coefficient (Wildman–Crippen LogP) is 3.43. The highest BCUT2D eigenvalue weighted by molar-refractivity contribution is 7.91. The number of amides is 2. The second kappa shape index (κ2) is 7.25. The van der Waals surface area contributed by atoms with Gasteiger partial charge in [-0.2, -0.15) is 0 Å². The molecule has 8 nitrogen and oxygen atoms in total. The van der Waals surface area contributed by atoms with Crippen molar-refractivity contribution in [1.82, 2.24) is 15.5 Å². The van der Waals surface area contributed by atoms with Gasteiger partial charge in [0.15, 0.2) is 9.84 Å². The van der Waals surface area contributed by atoms with Gasteiger partial charge in [0.2, 0.25) is 12.3 Å². The molecular formula is C18H15ClN4O4S. The number of nitrogens with zero attached hydrogens (tertiary/aromatic N) is 2. The Balaban J connectivity index is 1.52. The first kappa shape index (κ1) is 18.5. The van der Waals surface area contributed by atoms with Gasteiger partial charge in [-0.25, -0.2) is 13.2 Å². The molecule has 10 heteroatoms. The van der Waals surface area contributed by atoms with E-state index in [4.69, 9.17) is 16.0 Å². The van der Waals surface area contributed by atoms with Crippen LogP contribution in [0.3, 0.4) is 0 Å². The van der Waals surface area contributed by atoms with Crippen molar-refractivity contribution >= 4 is 33.2 Å². The summed E-state index contributed by atoms with van der Waals surface area (Å²) in [5.41, 5.74) is 1.69. The number of urea groups is 1. The summed E-state index contributed by atoms with van der Waals surface area (Å²) in [7, 11) is -3.37. The SMILES string of the molecule is O=C(Nc1cccc(-c2nnco2)c1)N[C@@H]1CCS(=O)(=O)c2ccc(Cl)cc21. The van der Waals surface area contributed by atoms with Gasteiger partial charge in [0, 0.05) is 16.3 Å². The van der Waals surface area contributed by atoms with Crippen molar-refractivity contribution in [2.75, 3.05) is 11.1 Å². The van der Waals surface area contributed by atoms with Gasteiger partial charge in [0.05, 0.1) is 16.7 Å². The number of hydrogen-bond acceptors (Lipinski definition) is 6. The molecule has 0 unspecified atom stereocenters. The van der Waals surface area contributed by atoms with Gasteiger partial charge < -0.3 is 15.1 Å². The zero-order chi connectivity index (χ0) is 19.7. The Labute approximate surface area is 165 Å². The van der Waals surface area contributed by atoms with Gasteiger partial charge in [-0.05, 0) is 48.4 Å². The smallest absolute Gasteiger partial charge is 0.319 e. The third-order valence-corrected chi connectivity index (χ3v) is 6.44. The highest BCUT2D eigenvalue weighted by atomic mass is 35.5. The molecule has 2 heterocycles. The van der Waals surface area contributed by atoms with Crippen LogP contribution in [0, 0.1) is 0 Å². The number of fused-ring (bicyclic) bond motifs is 1. The van der Waals surface area contributed by atoms with Crippen molar-refractivity contribution < 1.29 is 17.6 Å². The molecule has 0 aliphatic carbocycles. The zero-order valence-corrected chi connectivity index (χ0v) is 16.0. The fourth-order valence-corrected chi connectivity index (χ4v) is 4.90. The minimum atomic E-state index is -3.37. The Morgan fingerprint density at radius 1 is 1.21 bits per heavy atom. The fourth-order valence-electron chi connectivity index (χ4n) is 3.12. The molecule has 3 aromatic rings. The van der Waals surface area contributed by atoms with E-state index in [1.807, 2.05) is 0 Å². The minimum Gasteiger partial charge on any atom is -0.423 e.